The summed E-state index contributed by atoms with van der Waals surface area (Å²) in [7, 11) is 1.94. The quantitative estimate of drug-likeness (QED) is 0.254. The Morgan fingerprint density at radius 1 is 1.00 bits per heavy atom. The maximum atomic E-state index is 13.4. The van der Waals surface area contributed by atoms with Crippen molar-refractivity contribution in [2.24, 2.45) is 7.05 Å². The zero-order valence-electron chi connectivity index (χ0n) is 24.5. The van der Waals surface area contributed by atoms with Gasteiger partial charge < -0.3 is 30.6 Å². The number of carbonyl (C=O) groups excluding carboxylic acids is 4. The lowest BCUT2D eigenvalue weighted by Crippen LogP contribution is -2.54. The van der Waals surface area contributed by atoms with Crippen LogP contribution in [0.15, 0.2) is 54.7 Å². The summed E-state index contributed by atoms with van der Waals surface area (Å²) in [5, 5.41) is 12.5. The van der Waals surface area contributed by atoms with Crippen LogP contribution < -0.4 is 21.3 Å². The van der Waals surface area contributed by atoms with Crippen molar-refractivity contribution >= 4 is 34.5 Å². The van der Waals surface area contributed by atoms with Crippen molar-refractivity contribution in [3.05, 3.63) is 71.7 Å². The van der Waals surface area contributed by atoms with Crippen molar-refractivity contribution in [1.29, 1.82) is 0 Å². The number of nitrogens with zero attached hydrogens (tertiary/aromatic N) is 1. The molecule has 4 N–H and O–H groups in total. The molecule has 230 valence electrons. The molecular formula is C32H40FN5O5. The Kier molecular flexibility index (Phi) is 11.7. The summed E-state index contributed by atoms with van der Waals surface area (Å²) >= 11 is 0. The maximum Gasteiger partial charge on any atom is 0.246 e. The molecule has 0 spiro atoms. The molecule has 2 heterocycles. The van der Waals surface area contributed by atoms with Gasteiger partial charge in [-0.2, -0.15) is 0 Å². The van der Waals surface area contributed by atoms with Crippen LogP contribution in [0.2, 0.25) is 0 Å². The van der Waals surface area contributed by atoms with Gasteiger partial charge >= 0.3 is 0 Å². The molecule has 1 aromatic heterocycles. The minimum Gasteiger partial charge on any atom is -0.367 e. The van der Waals surface area contributed by atoms with E-state index in [0.29, 0.717) is 51.6 Å². The van der Waals surface area contributed by atoms with Crippen molar-refractivity contribution in [3.8, 4) is 0 Å². The van der Waals surface area contributed by atoms with Crippen molar-refractivity contribution in [2.45, 2.75) is 63.6 Å². The highest BCUT2D eigenvalue weighted by molar-refractivity contribution is 5.93. The number of unbranched alkanes of at least 4 members (excludes halogenated alkanes) is 1. The minimum absolute atomic E-state index is 0.126. The SMILES string of the molecule is Cn1cc(C[C@@H]2NC(=O)[C@H](CCCCNC(=O)COCc3ccc(F)cc3)NC(=O)CCCCNC2=O)c2ccccc21. The lowest BCUT2D eigenvalue weighted by Gasteiger charge is -2.24. The van der Waals surface area contributed by atoms with E-state index < -0.39 is 18.0 Å². The molecule has 2 aromatic carbocycles. The lowest BCUT2D eigenvalue weighted by molar-refractivity contribution is -0.132. The van der Waals surface area contributed by atoms with E-state index in [1.165, 1.54) is 12.1 Å². The summed E-state index contributed by atoms with van der Waals surface area (Å²) in [4.78, 5) is 51.2. The third-order valence-electron chi connectivity index (χ3n) is 7.47. The monoisotopic (exact) mass is 593 g/mol. The average molecular weight is 594 g/mol. The maximum absolute atomic E-state index is 13.4. The van der Waals surface area contributed by atoms with E-state index in [9.17, 15) is 23.6 Å². The second kappa shape index (κ2) is 15.8. The summed E-state index contributed by atoms with van der Waals surface area (Å²) in [6.07, 6.45) is 5.33. The molecule has 2 atom stereocenters. The molecule has 10 nitrogen and oxygen atoms in total. The second-order valence-corrected chi connectivity index (χ2v) is 10.9. The van der Waals surface area contributed by atoms with Crippen LogP contribution in [0.4, 0.5) is 4.39 Å². The van der Waals surface area contributed by atoms with Crippen molar-refractivity contribution in [1.82, 2.24) is 25.8 Å². The first-order chi connectivity index (χ1) is 20.8. The molecule has 43 heavy (non-hydrogen) atoms. The fourth-order valence-electron chi connectivity index (χ4n) is 5.16. The number of amides is 4. The van der Waals surface area contributed by atoms with E-state index in [2.05, 4.69) is 21.3 Å². The van der Waals surface area contributed by atoms with Gasteiger partial charge in [-0.25, -0.2) is 4.39 Å². The Labute approximate surface area is 250 Å². The normalized spacial score (nSPS) is 18.2. The number of nitrogens with one attached hydrogen (secondary N) is 4. The molecule has 0 aliphatic carbocycles. The number of aromatic nitrogens is 1. The van der Waals surface area contributed by atoms with E-state index in [4.69, 9.17) is 4.74 Å². The van der Waals surface area contributed by atoms with E-state index in [-0.39, 0.29) is 43.2 Å². The molecule has 1 aliphatic heterocycles. The topological polar surface area (TPSA) is 131 Å². The highest BCUT2D eigenvalue weighted by Crippen LogP contribution is 2.22. The summed E-state index contributed by atoms with van der Waals surface area (Å²) in [6, 6.07) is 12.2. The van der Waals surface area contributed by atoms with Crippen LogP contribution in [0.3, 0.4) is 0 Å². The van der Waals surface area contributed by atoms with Gasteiger partial charge in [0.15, 0.2) is 0 Å². The predicted octanol–water partition coefficient (Wildman–Crippen LogP) is 2.63. The van der Waals surface area contributed by atoms with Crippen LogP contribution in [0, 0.1) is 5.82 Å². The van der Waals surface area contributed by atoms with E-state index in [1.807, 2.05) is 42.1 Å². The summed E-state index contributed by atoms with van der Waals surface area (Å²) in [5.74, 6) is -1.48. The molecule has 1 saturated heterocycles. The summed E-state index contributed by atoms with van der Waals surface area (Å²) in [6.45, 7) is 0.885. The lowest BCUT2D eigenvalue weighted by atomic mass is 10.0. The third kappa shape index (κ3) is 9.64. The number of para-hydroxylation sites is 1. The van der Waals surface area contributed by atoms with Crippen molar-refractivity contribution in [3.63, 3.8) is 0 Å². The number of benzene rings is 2. The zero-order valence-corrected chi connectivity index (χ0v) is 24.5. The Morgan fingerprint density at radius 3 is 2.60 bits per heavy atom. The fraction of sp³-hybridized carbons (Fsp3) is 0.438. The highest BCUT2D eigenvalue weighted by Gasteiger charge is 2.28. The molecule has 1 aliphatic rings. The molecule has 0 saturated carbocycles. The molecule has 0 radical (unpaired) electrons. The van der Waals surface area contributed by atoms with Gasteiger partial charge in [-0.3, -0.25) is 19.2 Å². The summed E-state index contributed by atoms with van der Waals surface area (Å²) in [5.41, 5.74) is 2.75. The molecule has 11 heteroatoms. The number of hydrogen-bond donors (Lipinski definition) is 4. The Balaban J connectivity index is 1.29. The molecule has 0 bridgehead atoms. The zero-order chi connectivity index (χ0) is 30.6. The molecular weight excluding hydrogens is 553 g/mol. The number of halogens is 1. The second-order valence-electron chi connectivity index (χ2n) is 10.9. The number of aryl methyl sites for hydroxylation is 1. The van der Waals surface area contributed by atoms with E-state index in [0.717, 1.165) is 22.0 Å². The average Bonchev–Trinajstić information content (AvgIpc) is 3.31. The van der Waals surface area contributed by atoms with Gasteiger partial charge in [0.1, 0.15) is 24.5 Å². The molecule has 3 aromatic rings. The first kappa shape index (κ1) is 31.7. The number of hydrogen-bond acceptors (Lipinski definition) is 5. The molecule has 0 unspecified atom stereocenters. The molecule has 4 amide bonds. The fourth-order valence-corrected chi connectivity index (χ4v) is 5.16. The van der Waals surface area contributed by atoms with Gasteiger partial charge in [0.05, 0.1) is 6.61 Å². The van der Waals surface area contributed by atoms with Crippen LogP contribution in [0.1, 0.15) is 49.7 Å². The number of carbonyl (C=O) groups is 4. The highest BCUT2D eigenvalue weighted by atomic mass is 19.1. The predicted molar refractivity (Wildman–Crippen MR) is 160 cm³/mol. The third-order valence-corrected chi connectivity index (χ3v) is 7.47. The van der Waals surface area contributed by atoms with Crippen molar-refractivity contribution in [2.75, 3.05) is 19.7 Å². The number of ether oxygens (including phenoxy) is 1. The van der Waals surface area contributed by atoms with Gasteiger partial charge in [-0.1, -0.05) is 30.3 Å². The number of rotatable bonds is 11. The first-order valence-corrected chi connectivity index (χ1v) is 14.8. The van der Waals surface area contributed by atoms with Gasteiger partial charge in [0.25, 0.3) is 0 Å². The largest absolute Gasteiger partial charge is 0.367 e. The van der Waals surface area contributed by atoms with Crippen LogP contribution in [0.5, 0.6) is 0 Å². The first-order valence-electron chi connectivity index (χ1n) is 14.8. The van der Waals surface area contributed by atoms with Gasteiger partial charge in [-0.05, 0) is 61.4 Å². The van der Waals surface area contributed by atoms with Crippen LogP contribution in [0.25, 0.3) is 10.9 Å². The van der Waals surface area contributed by atoms with Crippen molar-refractivity contribution < 1.29 is 28.3 Å². The van der Waals surface area contributed by atoms with Crippen LogP contribution in [-0.4, -0.2) is 60.0 Å². The van der Waals surface area contributed by atoms with Gasteiger partial charge in [0, 0.05) is 50.1 Å². The van der Waals surface area contributed by atoms with Crippen LogP contribution >= 0.6 is 0 Å². The Hall–Kier alpha value is -4.25. The minimum atomic E-state index is -0.801. The Morgan fingerprint density at radius 2 is 1.79 bits per heavy atom. The van der Waals surface area contributed by atoms with Gasteiger partial charge in [-0.15, -0.1) is 0 Å². The van der Waals surface area contributed by atoms with E-state index in [1.54, 1.807) is 12.1 Å². The van der Waals surface area contributed by atoms with Crippen LogP contribution in [-0.2, 0) is 44.0 Å². The van der Waals surface area contributed by atoms with E-state index >= 15 is 0 Å². The summed E-state index contributed by atoms with van der Waals surface area (Å²) < 4.78 is 20.4. The Bertz CT molecular complexity index is 1410. The number of fused-ring (bicyclic) bond motifs is 1. The molecule has 4 rings (SSSR count). The standard InChI is InChI=1S/C32H40FN5O5/c1-38-19-23(25-8-2-3-10-28(25)38)18-27-31(41)35-17-7-5-11-29(39)36-26(32(42)37-27)9-4-6-16-34-30(40)21-43-20-22-12-14-24(33)15-13-22/h2-3,8,10,12-15,19,26-27H,4-7,9,11,16-18,20-21H2,1H3,(H,34,40)(H,35,41)(H,36,39)(H,37,42)/t26-,27-/m0/s1. The van der Waals surface area contributed by atoms with Gasteiger partial charge in [0.2, 0.25) is 23.6 Å². The smallest absolute Gasteiger partial charge is 0.246 e. The molecule has 1 fully saturated rings.